The Labute approximate surface area is 175 Å². The summed E-state index contributed by atoms with van der Waals surface area (Å²) < 4.78 is 0. The van der Waals surface area contributed by atoms with E-state index in [-0.39, 0.29) is 29.9 Å². The summed E-state index contributed by atoms with van der Waals surface area (Å²) in [4.78, 5) is 20.4. The molecule has 0 bridgehead atoms. The van der Waals surface area contributed by atoms with Gasteiger partial charge in [-0.1, -0.05) is 12.1 Å². The first-order chi connectivity index (χ1) is 11.8. The van der Waals surface area contributed by atoms with Crippen LogP contribution in [0.4, 0.5) is 0 Å². The first-order valence-corrected chi connectivity index (χ1v) is 8.88. The van der Waals surface area contributed by atoms with Crippen LogP contribution < -0.4 is 10.6 Å². The Balaban J connectivity index is 0.00000625. The number of nitrogens with zero attached hydrogens (tertiary/aromatic N) is 3. The van der Waals surface area contributed by atoms with E-state index < -0.39 is 0 Å². The number of guanidine groups is 1. The third-order valence-corrected chi connectivity index (χ3v) is 4.01. The van der Waals surface area contributed by atoms with Crippen LogP contribution in [0.15, 0.2) is 29.3 Å². The number of likely N-dealkylation sites (N-methyl/N-ethyl adjacent to an activating group) is 1. The molecular formula is C19H34IN5O. The largest absolute Gasteiger partial charge is 0.357 e. The van der Waals surface area contributed by atoms with Crippen molar-refractivity contribution in [1.82, 2.24) is 20.4 Å². The molecule has 6 nitrogen and oxygen atoms in total. The van der Waals surface area contributed by atoms with E-state index >= 15 is 0 Å². The van der Waals surface area contributed by atoms with Gasteiger partial charge < -0.3 is 20.4 Å². The molecule has 0 saturated carbocycles. The highest BCUT2D eigenvalue weighted by Gasteiger charge is 2.07. The van der Waals surface area contributed by atoms with Gasteiger partial charge in [0.2, 0.25) is 0 Å². The van der Waals surface area contributed by atoms with Crippen LogP contribution in [0.5, 0.6) is 0 Å². The monoisotopic (exact) mass is 475 g/mol. The van der Waals surface area contributed by atoms with E-state index in [4.69, 9.17) is 0 Å². The average molecular weight is 475 g/mol. The van der Waals surface area contributed by atoms with Gasteiger partial charge in [-0.25, -0.2) is 4.99 Å². The molecule has 0 heterocycles. The molecule has 148 valence electrons. The van der Waals surface area contributed by atoms with Gasteiger partial charge in [0.15, 0.2) is 5.96 Å². The molecule has 26 heavy (non-hydrogen) atoms. The van der Waals surface area contributed by atoms with Crippen LogP contribution in [0.2, 0.25) is 0 Å². The van der Waals surface area contributed by atoms with E-state index in [9.17, 15) is 4.79 Å². The van der Waals surface area contributed by atoms with E-state index in [1.165, 1.54) is 0 Å². The molecule has 1 aromatic rings. The van der Waals surface area contributed by atoms with Crippen LogP contribution >= 0.6 is 24.0 Å². The van der Waals surface area contributed by atoms with Gasteiger partial charge in [-0.2, -0.15) is 0 Å². The van der Waals surface area contributed by atoms with E-state index in [0.717, 1.165) is 31.2 Å². The molecule has 1 aromatic carbocycles. The second-order valence-corrected chi connectivity index (χ2v) is 6.59. The molecule has 1 amide bonds. The summed E-state index contributed by atoms with van der Waals surface area (Å²) in [6.45, 7) is 9.63. The summed E-state index contributed by atoms with van der Waals surface area (Å²) in [5, 5.41) is 6.62. The zero-order valence-electron chi connectivity index (χ0n) is 16.9. The number of amides is 1. The average Bonchev–Trinajstić information content (AvgIpc) is 2.59. The molecule has 0 spiro atoms. The molecule has 0 aliphatic heterocycles. The Bertz CT molecular complexity index is 558. The minimum absolute atomic E-state index is 0. The SMILES string of the molecule is CCNC(=NCc1ccc(C(=O)N(C)C)cc1)NCCN(C)C(C)C.I. The molecule has 0 fully saturated rings. The lowest BCUT2D eigenvalue weighted by Crippen LogP contribution is -2.42. The highest BCUT2D eigenvalue weighted by Crippen LogP contribution is 2.07. The summed E-state index contributed by atoms with van der Waals surface area (Å²) in [7, 11) is 5.63. The Hall–Kier alpha value is -1.35. The maximum absolute atomic E-state index is 11.9. The molecule has 1 rings (SSSR count). The number of nitrogens with one attached hydrogen (secondary N) is 2. The number of rotatable bonds is 8. The van der Waals surface area contributed by atoms with Crippen molar-refractivity contribution in [3.8, 4) is 0 Å². The summed E-state index contributed by atoms with van der Waals surface area (Å²) in [5.41, 5.74) is 1.77. The van der Waals surface area contributed by atoms with Crippen LogP contribution in [-0.2, 0) is 6.54 Å². The number of hydrogen-bond acceptors (Lipinski definition) is 3. The number of halogens is 1. The summed E-state index contributed by atoms with van der Waals surface area (Å²) in [5.74, 6) is 0.826. The molecule has 7 heteroatoms. The van der Waals surface area contributed by atoms with Crippen LogP contribution in [0.3, 0.4) is 0 Å². The van der Waals surface area contributed by atoms with Gasteiger partial charge in [0, 0.05) is 45.3 Å². The van der Waals surface area contributed by atoms with Crippen LogP contribution in [-0.4, -0.2) is 68.5 Å². The zero-order valence-corrected chi connectivity index (χ0v) is 19.2. The van der Waals surface area contributed by atoms with Crippen LogP contribution in [0, 0.1) is 0 Å². The Kier molecular flexibility index (Phi) is 12.2. The standard InChI is InChI=1S/C19H33N5O.HI/c1-7-20-19(21-12-13-24(6)15(2)3)22-14-16-8-10-17(11-9-16)18(25)23(4)5;/h8-11,15H,7,12-14H2,1-6H3,(H2,20,21,22);1H. The van der Waals surface area contributed by atoms with Gasteiger partial charge in [-0.3, -0.25) is 4.79 Å². The first-order valence-electron chi connectivity index (χ1n) is 8.88. The molecule has 0 aliphatic carbocycles. The van der Waals surface area contributed by atoms with Gasteiger partial charge in [0.1, 0.15) is 0 Å². The smallest absolute Gasteiger partial charge is 0.253 e. The Morgan fingerprint density at radius 2 is 1.73 bits per heavy atom. The third-order valence-electron chi connectivity index (χ3n) is 4.01. The van der Waals surface area contributed by atoms with Gasteiger partial charge in [-0.05, 0) is 45.5 Å². The second-order valence-electron chi connectivity index (χ2n) is 6.59. The molecule has 0 unspecified atom stereocenters. The van der Waals surface area contributed by atoms with Gasteiger partial charge in [0.25, 0.3) is 5.91 Å². The van der Waals surface area contributed by atoms with E-state index in [1.807, 2.05) is 24.3 Å². The lowest BCUT2D eigenvalue weighted by Gasteiger charge is -2.21. The number of hydrogen-bond donors (Lipinski definition) is 2. The normalized spacial score (nSPS) is 11.3. The fourth-order valence-electron chi connectivity index (χ4n) is 2.13. The van der Waals surface area contributed by atoms with Crippen molar-refractivity contribution < 1.29 is 4.79 Å². The van der Waals surface area contributed by atoms with Crippen molar-refractivity contribution in [2.24, 2.45) is 4.99 Å². The van der Waals surface area contributed by atoms with Crippen molar-refractivity contribution in [2.45, 2.75) is 33.4 Å². The number of carbonyl (C=O) groups excluding carboxylic acids is 1. The molecular weight excluding hydrogens is 441 g/mol. The Morgan fingerprint density at radius 3 is 2.23 bits per heavy atom. The molecule has 0 aliphatic rings. The molecule has 0 atom stereocenters. The van der Waals surface area contributed by atoms with Gasteiger partial charge in [0.05, 0.1) is 6.54 Å². The predicted molar refractivity (Wildman–Crippen MR) is 120 cm³/mol. The number of benzene rings is 1. The van der Waals surface area contributed by atoms with Crippen molar-refractivity contribution in [3.63, 3.8) is 0 Å². The highest BCUT2D eigenvalue weighted by molar-refractivity contribution is 14.0. The Morgan fingerprint density at radius 1 is 1.12 bits per heavy atom. The highest BCUT2D eigenvalue weighted by atomic mass is 127. The second kappa shape index (κ2) is 12.9. The fourth-order valence-corrected chi connectivity index (χ4v) is 2.13. The van der Waals surface area contributed by atoms with Crippen LogP contribution in [0.25, 0.3) is 0 Å². The quantitative estimate of drug-likeness (QED) is 0.345. The topological polar surface area (TPSA) is 60.0 Å². The van der Waals surface area contributed by atoms with Crippen LogP contribution in [0.1, 0.15) is 36.7 Å². The fraction of sp³-hybridized carbons (Fsp3) is 0.579. The summed E-state index contributed by atoms with van der Waals surface area (Å²) in [6, 6.07) is 8.15. The summed E-state index contributed by atoms with van der Waals surface area (Å²) in [6.07, 6.45) is 0. The van der Waals surface area contributed by atoms with Crippen molar-refractivity contribution >= 4 is 35.8 Å². The molecule has 0 saturated heterocycles. The lowest BCUT2D eigenvalue weighted by atomic mass is 10.1. The van der Waals surface area contributed by atoms with Crippen molar-refractivity contribution in [1.29, 1.82) is 0 Å². The minimum Gasteiger partial charge on any atom is -0.357 e. The maximum Gasteiger partial charge on any atom is 0.253 e. The van der Waals surface area contributed by atoms with Crippen molar-refractivity contribution in [3.05, 3.63) is 35.4 Å². The van der Waals surface area contributed by atoms with E-state index in [2.05, 4.69) is 48.3 Å². The minimum atomic E-state index is 0. The van der Waals surface area contributed by atoms with Gasteiger partial charge >= 0.3 is 0 Å². The van der Waals surface area contributed by atoms with Crippen molar-refractivity contribution in [2.75, 3.05) is 40.8 Å². The number of carbonyl (C=O) groups is 1. The third kappa shape index (κ3) is 8.84. The molecule has 0 aromatic heterocycles. The molecule has 0 radical (unpaired) electrons. The van der Waals surface area contributed by atoms with E-state index in [0.29, 0.717) is 18.2 Å². The zero-order chi connectivity index (χ0) is 18.8. The number of aliphatic imine (C=N–C) groups is 1. The maximum atomic E-state index is 11.9. The lowest BCUT2D eigenvalue weighted by molar-refractivity contribution is 0.0827. The van der Waals surface area contributed by atoms with Gasteiger partial charge in [-0.15, -0.1) is 24.0 Å². The first kappa shape index (κ1) is 24.7. The molecule has 2 N–H and O–H groups in total. The predicted octanol–water partition coefficient (Wildman–Crippen LogP) is 2.40. The summed E-state index contributed by atoms with van der Waals surface area (Å²) >= 11 is 0. The van der Waals surface area contributed by atoms with E-state index in [1.54, 1.807) is 19.0 Å².